The fourth-order valence-electron chi connectivity index (χ4n) is 2.15. The molecule has 4 nitrogen and oxygen atoms in total. The van der Waals surface area contributed by atoms with Gasteiger partial charge in [0.15, 0.2) is 0 Å². The Morgan fingerprint density at radius 1 is 0.812 bits per heavy atom. The highest BCUT2D eigenvalue weighted by molar-refractivity contribution is 5.00. The maximum Gasteiger partial charge on any atom is 0.0969 e. The zero-order valence-electron chi connectivity index (χ0n) is 11.5. The maximum atomic E-state index is 3.46. The number of rotatable bonds is 5. The van der Waals surface area contributed by atoms with Crippen LogP contribution in [-0.4, -0.2) is 34.4 Å². The molecule has 0 amide bonds. The van der Waals surface area contributed by atoms with Crippen molar-refractivity contribution in [1.82, 2.24) is 20.9 Å². The van der Waals surface area contributed by atoms with Crippen LogP contribution < -0.4 is 10.9 Å². The molecule has 2 fully saturated rings. The molecule has 16 heavy (non-hydrogen) atoms. The Kier molecular flexibility index (Phi) is 2.82. The van der Waals surface area contributed by atoms with Crippen molar-refractivity contribution in [2.24, 2.45) is 11.8 Å². The molecule has 2 aliphatic rings. The van der Waals surface area contributed by atoms with Crippen molar-refractivity contribution in [2.45, 2.75) is 52.9 Å². The summed E-state index contributed by atoms with van der Waals surface area (Å²) in [5, 5.41) is 4.69. The molecule has 4 heteroatoms. The van der Waals surface area contributed by atoms with E-state index in [0.717, 1.165) is 13.1 Å². The molecule has 2 unspecified atom stereocenters. The zero-order chi connectivity index (χ0) is 12.1. The van der Waals surface area contributed by atoms with E-state index >= 15 is 0 Å². The summed E-state index contributed by atoms with van der Waals surface area (Å²) in [4.78, 5) is 0. The second kappa shape index (κ2) is 3.67. The lowest BCUT2D eigenvalue weighted by Crippen LogP contribution is -2.28. The van der Waals surface area contributed by atoms with Gasteiger partial charge in [0.1, 0.15) is 0 Å². The molecule has 0 radical (unpaired) electrons. The monoisotopic (exact) mass is 226 g/mol. The van der Waals surface area contributed by atoms with Crippen molar-refractivity contribution in [2.75, 3.05) is 13.1 Å². The van der Waals surface area contributed by atoms with Crippen LogP contribution in [0.25, 0.3) is 0 Å². The van der Waals surface area contributed by atoms with Gasteiger partial charge in [-0.3, -0.25) is 0 Å². The highest BCUT2D eigenvalue weighted by Crippen LogP contribution is 2.35. The predicted octanol–water partition coefficient (Wildman–Crippen LogP) is 1.37. The first kappa shape index (κ1) is 12.3. The largest absolute Gasteiger partial charge is 0.232 e. The molecular formula is C12H26N4. The number of nitrogens with one attached hydrogen (secondary N) is 2. The molecule has 2 N–H and O–H groups in total. The van der Waals surface area contributed by atoms with E-state index < -0.39 is 0 Å². The van der Waals surface area contributed by atoms with Crippen molar-refractivity contribution in [3.63, 3.8) is 0 Å². The second-order valence-corrected chi connectivity index (χ2v) is 6.13. The van der Waals surface area contributed by atoms with Crippen LogP contribution in [0.15, 0.2) is 0 Å². The molecule has 0 aromatic heterocycles. The van der Waals surface area contributed by atoms with E-state index in [4.69, 9.17) is 0 Å². The van der Waals surface area contributed by atoms with Gasteiger partial charge in [-0.15, -0.1) is 0 Å². The molecule has 2 heterocycles. The molecular weight excluding hydrogens is 200 g/mol. The topological polar surface area (TPSA) is 49.9 Å². The lowest BCUT2D eigenvalue weighted by Gasteiger charge is -2.15. The minimum Gasteiger partial charge on any atom is -0.232 e. The van der Waals surface area contributed by atoms with E-state index in [1.54, 1.807) is 0 Å². The Morgan fingerprint density at radius 3 is 1.31 bits per heavy atom. The van der Waals surface area contributed by atoms with Gasteiger partial charge >= 0.3 is 0 Å². The van der Waals surface area contributed by atoms with Gasteiger partial charge in [-0.25, -0.2) is 20.9 Å². The van der Waals surface area contributed by atoms with Crippen LogP contribution in [-0.2, 0) is 0 Å². The SMILES string of the molecule is CC(C)[C@]1(C)NN1CCN1N[C@]1(C)C(C)C. The number of nitrogens with zero attached hydrogens (tertiary/aromatic N) is 2. The predicted molar refractivity (Wildman–Crippen MR) is 66.2 cm³/mol. The van der Waals surface area contributed by atoms with Gasteiger partial charge in [0.2, 0.25) is 0 Å². The van der Waals surface area contributed by atoms with Gasteiger partial charge in [0.25, 0.3) is 0 Å². The summed E-state index contributed by atoms with van der Waals surface area (Å²) in [5.74, 6) is 1.32. The molecule has 0 aliphatic carbocycles. The first-order valence-corrected chi connectivity index (χ1v) is 6.41. The van der Waals surface area contributed by atoms with Gasteiger partial charge in [-0.1, -0.05) is 27.7 Å². The van der Waals surface area contributed by atoms with Gasteiger partial charge in [0.05, 0.1) is 11.3 Å². The van der Waals surface area contributed by atoms with E-state index in [2.05, 4.69) is 62.4 Å². The molecule has 0 aromatic carbocycles. The smallest absolute Gasteiger partial charge is 0.0969 e. The van der Waals surface area contributed by atoms with E-state index in [0.29, 0.717) is 11.8 Å². The van der Waals surface area contributed by atoms with Crippen molar-refractivity contribution in [3.8, 4) is 0 Å². The normalized spacial score (nSPS) is 46.5. The summed E-state index contributed by atoms with van der Waals surface area (Å²) in [5.41, 5.74) is 7.38. The average molecular weight is 226 g/mol. The fraction of sp³-hybridized carbons (Fsp3) is 1.00. The zero-order valence-corrected chi connectivity index (χ0v) is 11.5. The summed E-state index contributed by atoms with van der Waals surface area (Å²) in [6, 6.07) is 0. The number of hydrogen-bond donors (Lipinski definition) is 2. The van der Waals surface area contributed by atoms with Crippen LogP contribution in [0, 0.1) is 11.8 Å². The van der Waals surface area contributed by atoms with Gasteiger partial charge in [-0.05, 0) is 25.7 Å². The Hall–Kier alpha value is -0.160. The molecule has 2 saturated heterocycles. The lowest BCUT2D eigenvalue weighted by molar-refractivity contribution is 0.290. The Bertz CT molecular complexity index is 250. The fourth-order valence-corrected chi connectivity index (χ4v) is 2.15. The van der Waals surface area contributed by atoms with Crippen molar-refractivity contribution >= 4 is 0 Å². The molecule has 94 valence electrons. The summed E-state index contributed by atoms with van der Waals surface area (Å²) < 4.78 is 0. The highest BCUT2D eigenvalue weighted by atomic mass is 15.8. The van der Waals surface area contributed by atoms with Crippen molar-refractivity contribution in [3.05, 3.63) is 0 Å². The number of hydrazine groups is 2. The molecule has 4 atom stereocenters. The van der Waals surface area contributed by atoms with Crippen LogP contribution in [0.4, 0.5) is 0 Å². The molecule has 2 aliphatic heterocycles. The Labute approximate surface area is 99.3 Å². The Morgan fingerprint density at radius 2 is 1.12 bits per heavy atom. The lowest BCUT2D eigenvalue weighted by atomic mass is 10.0. The summed E-state index contributed by atoms with van der Waals surface area (Å²) in [6.07, 6.45) is 0. The van der Waals surface area contributed by atoms with E-state index in [1.165, 1.54) is 0 Å². The minimum absolute atomic E-state index is 0.226. The van der Waals surface area contributed by atoms with Gasteiger partial charge in [-0.2, -0.15) is 0 Å². The summed E-state index contributed by atoms with van der Waals surface area (Å²) in [7, 11) is 0. The van der Waals surface area contributed by atoms with Gasteiger partial charge < -0.3 is 0 Å². The van der Waals surface area contributed by atoms with E-state index in [1.807, 2.05) is 0 Å². The van der Waals surface area contributed by atoms with E-state index in [9.17, 15) is 0 Å². The first-order chi connectivity index (χ1) is 7.30. The minimum atomic E-state index is 0.226. The van der Waals surface area contributed by atoms with Crippen LogP contribution in [0.1, 0.15) is 41.5 Å². The summed E-state index contributed by atoms with van der Waals surface area (Å²) >= 11 is 0. The van der Waals surface area contributed by atoms with Crippen LogP contribution >= 0.6 is 0 Å². The average Bonchev–Trinajstić information content (AvgIpc) is 3.02. The molecule has 2 rings (SSSR count). The van der Waals surface area contributed by atoms with E-state index in [-0.39, 0.29) is 11.3 Å². The molecule has 0 saturated carbocycles. The number of hydrogen-bond acceptors (Lipinski definition) is 4. The molecule has 0 aromatic rings. The standard InChI is InChI=1S/C12H26N4/c1-9(2)11(5)13-15(11)7-8-16-12(6,14-16)10(3)4/h9-10,13-14H,7-8H2,1-6H3/t11-,12+,15?,16?. The van der Waals surface area contributed by atoms with Crippen LogP contribution in [0.3, 0.4) is 0 Å². The quantitative estimate of drug-likeness (QED) is 0.695. The molecule has 0 spiro atoms. The third-order valence-corrected chi connectivity index (χ3v) is 4.54. The first-order valence-electron chi connectivity index (χ1n) is 6.41. The molecule has 0 bridgehead atoms. The third-order valence-electron chi connectivity index (χ3n) is 4.54. The van der Waals surface area contributed by atoms with Crippen LogP contribution in [0.2, 0.25) is 0 Å². The third kappa shape index (κ3) is 1.88. The maximum absolute atomic E-state index is 3.46. The van der Waals surface area contributed by atoms with Crippen LogP contribution in [0.5, 0.6) is 0 Å². The Balaban J connectivity index is 1.72. The van der Waals surface area contributed by atoms with Crippen molar-refractivity contribution < 1.29 is 0 Å². The second-order valence-electron chi connectivity index (χ2n) is 6.13. The van der Waals surface area contributed by atoms with Crippen molar-refractivity contribution in [1.29, 1.82) is 0 Å². The van der Waals surface area contributed by atoms with Gasteiger partial charge in [0, 0.05) is 13.1 Å². The highest BCUT2D eigenvalue weighted by Gasteiger charge is 2.53. The summed E-state index contributed by atoms with van der Waals surface area (Å²) in [6.45, 7) is 15.8.